The lowest BCUT2D eigenvalue weighted by atomic mass is 9.86. The standard InChI is InChI=1S/C31H43N5O3/c1-5-17-31(3,4)30(39)35(6-2)19-10-11-23-15-20-34(21-16-23)22-27(37)36-26-14-8-7-12-24(26)29(38)33-25-13-9-18-32-28(25)36/h7-9,12-14,18,23,28H,5-6,10-11,15-17,19-22H2,1-4H3. The molecule has 0 spiro atoms. The maximum atomic E-state index is 13.7. The average molecular weight is 534 g/mol. The number of aliphatic imine (C=N–C) groups is 2. The number of hydrogen-bond donors (Lipinski definition) is 0. The number of anilines is 1. The van der Waals surface area contributed by atoms with Crippen molar-refractivity contribution in [3.8, 4) is 0 Å². The van der Waals surface area contributed by atoms with Crippen LogP contribution in [0.15, 0.2) is 46.4 Å². The minimum absolute atomic E-state index is 0.0763. The molecule has 1 aromatic carbocycles. The summed E-state index contributed by atoms with van der Waals surface area (Å²) in [6.07, 6.45) is 10.7. The zero-order chi connectivity index (χ0) is 28.0. The number of nitrogens with zero attached hydrogens (tertiary/aromatic N) is 5. The number of carbonyl (C=O) groups is 3. The van der Waals surface area contributed by atoms with Gasteiger partial charge in [0.05, 0.1) is 23.5 Å². The van der Waals surface area contributed by atoms with Crippen molar-refractivity contribution in [3.05, 3.63) is 42.0 Å². The van der Waals surface area contributed by atoms with Crippen molar-refractivity contribution in [1.82, 2.24) is 9.80 Å². The van der Waals surface area contributed by atoms with E-state index in [0.717, 1.165) is 64.7 Å². The van der Waals surface area contributed by atoms with Crippen molar-refractivity contribution in [2.24, 2.45) is 21.3 Å². The van der Waals surface area contributed by atoms with Gasteiger partial charge in [-0.1, -0.05) is 39.3 Å². The van der Waals surface area contributed by atoms with Gasteiger partial charge in [0.1, 0.15) is 0 Å². The van der Waals surface area contributed by atoms with E-state index in [-0.39, 0.29) is 29.7 Å². The molecular formula is C31H43N5O3. The van der Waals surface area contributed by atoms with E-state index in [4.69, 9.17) is 0 Å². The van der Waals surface area contributed by atoms with E-state index in [1.54, 1.807) is 41.5 Å². The van der Waals surface area contributed by atoms with E-state index in [1.807, 2.05) is 11.0 Å². The predicted molar refractivity (Wildman–Crippen MR) is 156 cm³/mol. The van der Waals surface area contributed by atoms with Gasteiger partial charge in [-0.2, -0.15) is 0 Å². The smallest absolute Gasteiger partial charge is 0.279 e. The number of hydrogen-bond acceptors (Lipinski definition) is 5. The summed E-state index contributed by atoms with van der Waals surface area (Å²) in [5.74, 6) is 0.452. The molecule has 8 heteroatoms. The summed E-state index contributed by atoms with van der Waals surface area (Å²) in [6, 6.07) is 7.15. The van der Waals surface area contributed by atoms with Gasteiger partial charge in [-0.3, -0.25) is 29.2 Å². The van der Waals surface area contributed by atoms with Gasteiger partial charge < -0.3 is 4.90 Å². The number of benzene rings is 1. The highest BCUT2D eigenvalue weighted by molar-refractivity contribution is 6.20. The van der Waals surface area contributed by atoms with E-state index in [1.165, 1.54) is 0 Å². The fraction of sp³-hybridized carbons (Fsp3) is 0.581. The molecule has 0 radical (unpaired) electrons. The van der Waals surface area contributed by atoms with Gasteiger partial charge in [0.25, 0.3) is 5.91 Å². The summed E-state index contributed by atoms with van der Waals surface area (Å²) < 4.78 is 0. The molecule has 0 aliphatic carbocycles. The third-order valence-electron chi connectivity index (χ3n) is 8.21. The number of rotatable bonds is 10. The molecule has 3 heterocycles. The summed E-state index contributed by atoms with van der Waals surface area (Å²) in [7, 11) is 0. The molecule has 1 aromatic rings. The number of allylic oxidation sites excluding steroid dienone is 1. The van der Waals surface area contributed by atoms with Crippen LogP contribution in [-0.2, 0) is 9.59 Å². The van der Waals surface area contributed by atoms with E-state index in [0.29, 0.717) is 22.9 Å². The highest BCUT2D eigenvalue weighted by Crippen LogP contribution is 2.30. The third-order valence-corrected chi connectivity index (χ3v) is 8.21. The van der Waals surface area contributed by atoms with Crippen LogP contribution >= 0.6 is 0 Å². The monoisotopic (exact) mass is 533 g/mol. The van der Waals surface area contributed by atoms with Crippen LogP contribution in [0.2, 0.25) is 0 Å². The minimum Gasteiger partial charge on any atom is -0.343 e. The van der Waals surface area contributed by atoms with Gasteiger partial charge in [-0.25, -0.2) is 4.99 Å². The number of piperidine rings is 1. The van der Waals surface area contributed by atoms with E-state index in [9.17, 15) is 14.4 Å². The van der Waals surface area contributed by atoms with E-state index >= 15 is 0 Å². The largest absolute Gasteiger partial charge is 0.343 e. The van der Waals surface area contributed by atoms with E-state index in [2.05, 4.69) is 42.6 Å². The molecule has 1 saturated heterocycles. The molecule has 0 saturated carbocycles. The number of fused-ring (bicyclic) bond motifs is 2. The summed E-state index contributed by atoms with van der Waals surface area (Å²) in [6.45, 7) is 11.9. The lowest BCUT2D eigenvalue weighted by molar-refractivity contribution is -0.140. The molecule has 210 valence electrons. The highest BCUT2D eigenvalue weighted by atomic mass is 16.2. The van der Waals surface area contributed by atoms with Crippen LogP contribution in [-0.4, -0.2) is 78.3 Å². The number of dihydropyridines is 1. The maximum absolute atomic E-state index is 13.7. The lowest BCUT2D eigenvalue weighted by Crippen LogP contribution is -2.49. The molecule has 1 atom stereocenters. The second kappa shape index (κ2) is 12.8. The van der Waals surface area contributed by atoms with Crippen molar-refractivity contribution >= 4 is 35.3 Å². The Bertz CT molecular complexity index is 1150. The first-order valence-corrected chi connectivity index (χ1v) is 14.5. The minimum atomic E-state index is -0.626. The Hall–Kier alpha value is -3.13. The van der Waals surface area contributed by atoms with Gasteiger partial charge in [0.2, 0.25) is 11.8 Å². The summed E-state index contributed by atoms with van der Waals surface area (Å²) >= 11 is 0. The van der Waals surface area contributed by atoms with Crippen molar-refractivity contribution < 1.29 is 14.4 Å². The van der Waals surface area contributed by atoms with Crippen LogP contribution in [0.1, 0.15) is 76.6 Å². The Morgan fingerprint density at radius 2 is 1.87 bits per heavy atom. The van der Waals surface area contributed by atoms with Crippen molar-refractivity contribution in [2.75, 3.05) is 37.6 Å². The predicted octanol–water partition coefficient (Wildman–Crippen LogP) is 4.75. The van der Waals surface area contributed by atoms with Crippen LogP contribution in [0.25, 0.3) is 0 Å². The van der Waals surface area contributed by atoms with Crippen LogP contribution in [0.3, 0.4) is 0 Å². The van der Waals surface area contributed by atoms with Gasteiger partial charge >= 0.3 is 0 Å². The van der Waals surface area contributed by atoms with Crippen molar-refractivity contribution in [3.63, 3.8) is 0 Å². The second-order valence-corrected chi connectivity index (χ2v) is 11.5. The first-order chi connectivity index (χ1) is 18.7. The molecule has 0 aromatic heterocycles. The van der Waals surface area contributed by atoms with E-state index < -0.39 is 6.17 Å². The normalized spacial score (nSPS) is 19.8. The molecule has 4 rings (SSSR count). The fourth-order valence-corrected chi connectivity index (χ4v) is 6.01. The Labute approximate surface area is 232 Å². The van der Waals surface area contributed by atoms with Gasteiger partial charge in [0.15, 0.2) is 6.17 Å². The molecule has 0 N–H and O–H groups in total. The molecule has 1 fully saturated rings. The van der Waals surface area contributed by atoms with Gasteiger partial charge in [0, 0.05) is 24.7 Å². The average Bonchev–Trinajstić information content (AvgIpc) is 3.05. The lowest BCUT2D eigenvalue weighted by Gasteiger charge is -2.35. The van der Waals surface area contributed by atoms with Crippen molar-refractivity contribution in [1.29, 1.82) is 0 Å². The number of carbonyl (C=O) groups excluding carboxylic acids is 3. The Kier molecular flexibility index (Phi) is 9.49. The molecule has 0 bridgehead atoms. The van der Waals surface area contributed by atoms with Gasteiger partial charge in [-0.15, -0.1) is 0 Å². The highest BCUT2D eigenvalue weighted by Gasteiger charge is 2.36. The molecule has 39 heavy (non-hydrogen) atoms. The zero-order valence-electron chi connectivity index (χ0n) is 23.9. The Balaban J connectivity index is 1.31. The summed E-state index contributed by atoms with van der Waals surface area (Å²) in [4.78, 5) is 54.1. The Morgan fingerprint density at radius 3 is 2.59 bits per heavy atom. The van der Waals surface area contributed by atoms with Crippen LogP contribution in [0.4, 0.5) is 5.69 Å². The Morgan fingerprint density at radius 1 is 1.13 bits per heavy atom. The SMILES string of the molecule is CCCC(C)(C)C(=O)N(CC)CCCC1CCN(CC(=O)N2c3ccccc3C(=O)N=C3C=CC=NC32)CC1. The maximum Gasteiger partial charge on any atom is 0.279 e. The van der Waals surface area contributed by atoms with Crippen LogP contribution in [0.5, 0.6) is 0 Å². The summed E-state index contributed by atoms with van der Waals surface area (Å²) in [5, 5.41) is 0. The number of amides is 3. The quantitative estimate of drug-likeness (QED) is 0.435. The van der Waals surface area contributed by atoms with Gasteiger partial charge in [-0.05, 0) is 82.3 Å². The molecule has 3 aliphatic rings. The zero-order valence-corrected chi connectivity index (χ0v) is 23.9. The first-order valence-electron chi connectivity index (χ1n) is 14.5. The van der Waals surface area contributed by atoms with Crippen LogP contribution in [0, 0.1) is 11.3 Å². The fourth-order valence-electron chi connectivity index (χ4n) is 6.01. The van der Waals surface area contributed by atoms with Crippen molar-refractivity contribution in [2.45, 2.75) is 72.4 Å². The summed E-state index contributed by atoms with van der Waals surface area (Å²) in [5.41, 5.74) is 1.18. The first kappa shape index (κ1) is 28.9. The third kappa shape index (κ3) is 6.72. The second-order valence-electron chi connectivity index (χ2n) is 11.5. The molecule has 8 nitrogen and oxygen atoms in total. The molecular weight excluding hydrogens is 490 g/mol. The number of para-hydroxylation sites is 1. The topological polar surface area (TPSA) is 85.7 Å². The molecule has 1 unspecified atom stereocenters. The molecule has 3 amide bonds. The molecule has 3 aliphatic heterocycles. The van der Waals surface area contributed by atoms with Crippen LogP contribution < -0.4 is 4.90 Å². The number of likely N-dealkylation sites (tertiary alicyclic amines) is 1.